The van der Waals surface area contributed by atoms with E-state index in [9.17, 15) is 14.7 Å². The van der Waals surface area contributed by atoms with Gasteiger partial charge in [-0.15, -0.1) is 0 Å². The van der Waals surface area contributed by atoms with Crippen molar-refractivity contribution in [3.63, 3.8) is 0 Å². The fraction of sp³-hybridized carbons (Fsp3) is 0.400. The molecule has 1 aromatic heterocycles. The second-order valence-electron chi connectivity index (χ2n) is 9.45. The van der Waals surface area contributed by atoms with Gasteiger partial charge >= 0.3 is 0 Å². The molecule has 1 aliphatic rings. The number of fused-ring (bicyclic) bond motifs is 2. The Labute approximate surface area is 192 Å². The first-order valence-electron chi connectivity index (χ1n) is 11.1. The highest BCUT2D eigenvalue weighted by atomic mass is 16.5. The van der Waals surface area contributed by atoms with Crippen LogP contribution in [0.1, 0.15) is 62.8 Å². The third-order valence-corrected chi connectivity index (χ3v) is 5.46. The number of rotatable bonds is 7. The van der Waals surface area contributed by atoms with E-state index in [-0.39, 0.29) is 53.6 Å². The Balaban J connectivity index is 1.46. The summed E-state index contributed by atoms with van der Waals surface area (Å²) in [6.07, 6.45) is 0.880. The number of imidazole rings is 1. The number of H-pyrrole nitrogens is 1. The lowest BCUT2D eigenvalue weighted by molar-refractivity contribution is -0.124. The summed E-state index contributed by atoms with van der Waals surface area (Å²) in [5.74, 6) is 0.797. The summed E-state index contributed by atoms with van der Waals surface area (Å²) in [6.45, 7) is 7.51. The van der Waals surface area contributed by atoms with Gasteiger partial charge in [0.1, 0.15) is 34.2 Å². The molecule has 8 heteroatoms. The Bertz CT molecular complexity index is 1160. The second-order valence-corrected chi connectivity index (χ2v) is 9.45. The fourth-order valence-corrected chi connectivity index (χ4v) is 4.06. The Morgan fingerprint density at radius 3 is 2.79 bits per heavy atom. The molecule has 0 unspecified atom stereocenters. The zero-order valence-corrected chi connectivity index (χ0v) is 19.3. The van der Waals surface area contributed by atoms with E-state index in [1.165, 1.54) is 12.1 Å². The number of ether oxygens (including phenoxy) is 2. The maximum Gasteiger partial charge on any atom is 0.258 e. The summed E-state index contributed by atoms with van der Waals surface area (Å²) in [7, 11) is 0. The van der Waals surface area contributed by atoms with Gasteiger partial charge in [0.05, 0.1) is 23.5 Å². The topological polar surface area (TPSA) is 114 Å². The van der Waals surface area contributed by atoms with Gasteiger partial charge in [-0.2, -0.15) is 0 Å². The number of aromatic nitrogens is 2. The fourth-order valence-electron chi connectivity index (χ4n) is 4.06. The number of aromatic hydroxyl groups is 1. The van der Waals surface area contributed by atoms with E-state index in [2.05, 4.69) is 29.1 Å². The first-order chi connectivity index (χ1) is 15.6. The Morgan fingerprint density at radius 1 is 1.30 bits per heavy atom. The molecule has 0 aliphatic carbocycles. The van der Waals surface area contributed by atoms with Crippen LogP contribution in [-0.2, 0) is 4.79 Å². The van der Waals surface area contributed by atoms with Crippen molar-refractivity contribution < 1.29 is 24.2 Å². The molecular formula is C25H29N3O5. The van der Waals surface area contributed by atoms with Crippen LogP contribution in [0.5, 0.6) is 17.2 Å². The number of aromatic amines is 1. The molecule has 0 spiro atoms. The Kier molecular flexibility index (Phi) is 6.01. The molecule has 33 heavy (non-hydrogen) atoms. The summed E-state index contributed by atoms with van der Waals surface area (Å²) in [5.41, 5.74) is 1.22. The van der Waals surface area contributed by atoms with Crippen molar-refractivity contribution >= 4 is 22.7 Å². The maximum atomic E-state index is 12.7. The lowest BCUT2D eigenvalue weighted by Crippen LogP contribution is -2.36. The summed E-state index contributed by atoms with van der Waals surface area (Å²) in [4.78, 5) is 33.0. The normalized spacial score (nSPS) is 15.7. The molecule has 174 valence electrons. The zero-order chi connectivity index (χ0) is 23.8. The minimum Gasteiger partial charge on any atom is -0.507 e. The van der Waals surface area contributed by atoms with E-state index in [0.717, 1.165) is 11.0 Å². The highest BCUT2D eigenvalue weighted by Crippen LogP contribution is 2.40. The van der Waals surface area contributed by atoms with E-state index in [1.807, 2.05) is 24.3 Å². The van der Waals surface area contributed by atoms with Crippen molar-refractivity contribution in [2.45, 2.75) is 52.2 Å². The number of hydrogen-bond donors (Lipinski definition) is 3. The van der Waals surface area contributed by atoms with Crippen LogP contribution in [0.25, 0.3) is 11.0 Å². The van der Waals surface area contributed by atoms with Crippen LogP contribution < -0.4 is 14.8 Å². The Hall–Kier alpha value is -3.55. The minimum absolute atomic E-state index is 0.146. The van der Waals surface area contributed by atoms with Crippen molar-refractivity contribution in [2.24, 2.45) is 5.92 Å². The smallest absolute Gasteiger partial charge is 0.258 e. The van der Waals surface area contributed by atoms with Crippen LogP contribution in [0.4, 0.5) is 0 Å². The second kappa shape index (κ2) is 8.77. The first-order valence-corrected chi connectivity index (χ1v) is 11.1. The summed E-state index contributed by atoms with van der Waals surface area (Å²) >= 11 is 0. The van der Waals surface area contributed by atoms with Crippen molar-refractivity contribution in [1.29, 1.82) is 0 Å². The van der Waals surface area contributed by atoms with Gasteiger partial charge in [0, 0.05) is 12.1 Å². The van der Waals surface area contributed by atoms with Gasteiger partial charge in [0.15, 0.2) is 12.4 Å². The van der Waals surface area contributed by atoms with E-state index in [0.29, 0.717) is 18.2 Å². The molecule has 0 saturated heterocycles. The lowest BCUT2D eigenvalue weighted by atomic mass is 9.92. The molecule has 2 heterocycles. The zero-order valence-electron chi connectivity index (χ0n) is 19.3. The van der Waals surface area contributed by atoms with Crippen molar-refractivity contribution in [3.8, 4) is 17.2 Å². The van der Waals surface area contributed by atoms with Gasteiger partial charge in [0.25, 0.3) is 5.91 Å². The van der Waals surface area contributed by atoms with Crippen molar-refractivity contribution in [2.75, 3.05) is 6.61 Å². The quantitative estimate of drug-likeness (QED) is 0.494. The molecule has 0 fully saturated rings. The van der Waals surface area contributed by atoms with E-state index >= 15 is 0 Å². The number of carbonyl (C=O) groups excluding carboxylic acids is 2. The van der Waals surface area contributed by atoms with Gasteiger partial charge < -0.3 is 24.9 Å². The van der Waals surface area contributed by atoms with Crippen LogP contribution in [-0.4, -0.2) is 39.0 Å². The van der Waals surface area contributed by atoms with Crippen LogP contribution in [0.3, 0.4) is 0 Å². The molecular weight excluding hydrogens is 422 g/mol. The third-order valence-electron chi connectivity index (χ3n) is 5.46. The number of nitrogens with zero attached hydrogens (tertiary/aromatic N) is 1. The van der Waals surface area contributed by atoms with Crippen LogP contribution >= 0.6 is 0 Å². The monoisotopic (exact) mass is 451 g/mol. The van der Waals surface area contributed by atoms with Crippen LogP contribution in [0, 0.1) is 5.92 Å². The molecule has 1 atom stereocenters. The molecule has 0 bridgehead atoms. The van der Waals surface area contributed by atoms with Crippen molar-refractivity contribution in [1.82, 2.24) is 15.3 Å². The number of Topliss-reactive ketones (excluding diaryl/α,β-unsaturated/α-hetero) is 1. The van der Waals surface area contributed by atoms with E-state index in [1.54, 1.807) is 13.8 Å². The van der Waals surface area contributed by atoms with E-state index < -0.39 is 5.60 Å². The molecule has 2 aromatic carbocycles. The van der Waals surface area contributed by atoms with Crippen LogP contribution in [0.15, 0.2) is 36.4 Å². The number of hydrogen-bond acceptors (Lipinski definition) is 6. The number of benzene rings is 2. The molecule has 8 nitrogen and oxygen atoms in total. The van der Waals surface area contributed by atoms with Crippen LogP contribution in [0.2, 0.25) is 0 Å². The lowest BCUT2D eigenvalue weighted by Gasteiger charge is -2.32. The predicted molar refractivity (Wildman–Crippen MR) is 124 cm³/mol. The molecule has 1 amide bonds. The molecule has 4 rings (SSSR count). The number of phenols is 1. The standard InChI is InChI=1S/C25H29N3O5/c1-14(2)9-18(24-27-16-7-5-6-8-17(16)28-24)26-22(31)13-32-15-10-19(29)23-20(30)12-25(3,4)33-21(23)11-15/h5-8,10-11,14,18,29H,9,12-13H2,1-4H3,(H,26,31)(H,27,28)/t18-/m0/s1. The van der Waals surface area contributed by atoms with Gasteiger partial charge in [-0.25, -0.2) is 4.98 Å². The van der Waals surface area contributed by atoms with Crippen molar-refractivity contribution in [3.05, 3.63) is 47.8 Å². The predicted octanol–water partition coefficient (Wildman–Crippen LogP) is 4.29. The van der Waals surface area contributed by atoms with Gasteiger partial charge in [-0.05, 0) is 38.3 Å². The first kappa shape index (κ1) is 22.6. The summed E-state index contributed by atoms with van der Waals surface area (Å²) < 4.78 is 11.5. The highest BCUT2D eigenvalue weighted by molar-refractivity contribution is 6.03. The maximum absolute atomic E-state index is 12.7. The molecule has 3 aromatic rings. The molecule has 3 N–H and O–H groups in total. The third kappa shape index (κ3) is 5.10. The number of carbonyl (C=O) groups is 2. The number of phenolic OH excluding ortho intramolecular Hbond substituents is 1. The number of ketones is 1. The highest BCUT2D eigenvalue weighted by Gasteiger charge is 2.35. The minimum atomic E-state index is -0.677. The number of para-hydroxylation sites is 2. The summed E-state index contributed by atoms with van der Waals surface area (Å²) in [6, 6.07) is 10.3. The van der Waals surface area contributed by atoms with Gasteiger partial charge in [0.2, 0.25) is 0 Å². The SMILES string of the molecule is CC(C)C[C@H](NC(=O)COc1cc(O)c2c(c1)OC(C)(C)CC2=O)c1nc2ccccc2[nH]1. The average Bonchev–Trinajstić information content (AvgIpc) is 3.14. The largest absolute Gasteiger partial charge is 0.507 e. The average molecular weight is 452 g/mol. The van der Waals surface area contributed by atoms with Gasteiger partial charge in [-0.1, -0.05) is 26.0 Å². The molecule has 0 saturated carbocycles. The number of amides is 1. The Morgan fingerprint density at radius 2 is 2.06 bits per heavy atom. The molecule has 0 radical (unpaired) electrons. The summed E-state index contributed by atoms with van der Waals surface area (Å²) in [5, 5.41) is 13.3. The van der Waals surface area contributed by atoms with Gasteiger partial charge in [-0.3, -0.25) is 9.59 Å². The molecule has 1 aliphatic heterocycles. The van der Waals surface area contributed by atoms with E-state index in [4.69, 9.17) is 9.47 Å². The number of nitrogens with one attached hydrogen (secondary N) is 2.